The van der Waals surface area contributed by atoms with Gasteiger partial charge < -0.3 is 0 Å². The van der Waals surface area contributed by atoms with Crippen LogP contribution in [0.3, 0.4) is 0 Å². The second-order valence-corrected chi connectivity index (χ2v) is 5.27. The van der Waals surface area contributed by atoms with Crippen LogP contribution in [0.15, 0.2) is 24.3 Å². The molecule has 18 heavy (non-hydrogen) atoms. The normalized spacial score (nSPS) is 13.7. The highest BCUT2D eigenvalue weighted by Crippen LogP contribution is 2.32. The molecule has 0 bridgehead atoms. The molecular weight excluding hydrogens is 272 g/mol. The lowest BCUT2D eigenvalue weighted by molar-refractivity contribution is 0.628. The lowest BCUT2D eigenvalue weighted by Gasteiger charge is -2.07. The van der Waals surface area contributed by atoms with Gasteiger partial charge in [0.2, 0.25) is 0 Å². The van der Waals surface area contributed by atoms with Gasteiger partial charge >= 0.3 is 0 Å². The van der Waals surface area contributed by atoms with Gasteiger partial charge in [0.15, 0.2) is 0 Å². The summed E-state index contributed by atoms with van der Waals surface area (Å²) >= 11 is 12.1. The van der Waals surface area contributed by atoms with Crippen LogP contribution in [0, 0.1) is 5.82 Å². The van der Waals surface area contributed by atoms with E-state index in [2.05, 4.69) is 4.98 Å². The molecule has 1 aromatic carbocycles. The highest BCUT2D eigenvalue weighted by atomic mass is 35.5. The number of aryl methyl sites for hydroxylation is 1. The summed E-state index contributed by atoms with van der Waals surface area (Å²) in [6.07, 6.45) is 2.99. The van der Waals surface area contributed by atoms with Gasteiger partial charge in [-0.05, 0) is 49.1 Å². The maximum Gasteiger partial charge on any atom is 0.125 e. The molecular formula is C14H10Cl2FN. The number of halogens is 3. The maximum absolute atomic E-state index is 13.3. The highest BCUT2D eigenvalue weighted by Gasteiger charge is 2.17. The van der Waals surface area contributed by atoms with Crippen molar-refractivity contribution < 1.29 is 4.39 Å². The van der Waals surface area contributed by atoms with Crippen molar-refractivity contribution in [2.45, 2.75) is 19.3 Å². The first kappa shape index (κ1) is 11.9. The van der Waals surface area contributed by atoms with Crippen LogP contribution in [0.4, 0.5) is 4.39 Å². The maximum atomic E-state index is 13.3. The lowest BCUT2D eigenvalue weighted by atomic mass is 10.1. The number of aromatic nitrogens is 1. The van der Waals surface area contributed by atoms with Crippen LogP contribution in [-0.4, -0.2) is 4.98 Å². The van der Waals surface area contributed by atoms with Crippen LogP contribution >= 0.6 is 23.2 Å². The average molecular weight is 282 g/mol. The average Bonchev–Trinajstić information content (AvgIpc) is 2.76. The molecule has 0 amide bonds. The first-order valence-electron chi connectivity index (χ1n) is 5.78. The van der Waals surface area contributed by atoms with Crippen molar-refractivity contribution in [3.05, 3.63) is 51.4 Å². The number of nitrogens with zero attached hydrogens (tertiary/aromatic N) is 1. The Balaban J connectivity index is 2.15. The minimum absolute atomic E-state index is 0.364. The Morgan fingerprint density at radius 1 is 1.06 bits per heavy atom. The molecule has 4 heteroatoms. The van der Waals surface area contributed by atoms with E-state index in [4.69, 9.17) is 23.2 Å². The van der Waals surface area contributed by atoms with Crippen LogP contribution in [0.2, 0.25) is 10.0 Å². The Morgan fingerprint density at radius 3 is 2.67 bits per heavy atom. The number of hydrogen-bond donors (Lipinski definition) is 0. The Morgan fingerprint density at radius 2 is 1.89 bits per heavy atom. The fraction of sp³-hybridized carbons (Fsp3) is 0.214. The van der Waals surface area contributed by atoms with Gasteiger partial charge in [-0.2, -0.15) is 0 Å². The Hall–Kier alpha value is -1.12. The second kappa shape index (κ2) is 4.52. The Bertz CT molecular complexity index is 605. The summed E-state index contributed by atoms with van der Waals surface area (Å²) in [6, 6.07) is 6.19. The highest BCUT2D eigenvalue weighted by molar-refractivity contribution is 6.32. The summed E-state index contributed by atoms with van der Waals surface area (Å²) in [5.74, 6) is -0.365. The van der Waals surface area contributed by atoms with E-state index < -0.39 is 0 Å². The molecule has 0 N–H and O–H groups in total. The lowest BCUT2D eigenvalue weighted by Crippen LogP contribution is -1.93. The fourth-order valence-electron chi connectivity index (χ4n) is 2.34. The molecule has 1 aromatic heterocycles. The van der Waals surface area contributed by atoms with Gasteiger partial charge in [-0.3, -0.25) is 4.98 Å². The predicted molar refractivity (Wildman–Crippen MR) is 71.7 cm³/mol. The largest absolute Gasteiger partial charge is 0.252 e. The molecule has 0 aliphatic heterocycles. The predicted octanol–water partition coefficient (Wildman–Crippen LogP) is 4.68. The van der Waals surface area contributed by atoms with Crippen molar-refractivity contribution in [2.24, 2.45) is 0 Å². The van der Waals surface area contributed by atoms with Crippen molar-refractivity contribution in [3.63, 3.8) is 0 Å². The summed E-state index contributed by atoms with van der Waals surface area (Å²) in [4.78, 5) is 4.56. The van der Waals surface area contributed by atoms with E-state index in [1.54, 1.807) is 12.1 Å². The van der Waals surface area contributed by atoms with Crippen molar-refractivity contribution in [1.82, 2.24) is 4.98 Å². The van der Waals surface area contributed by atoms with Crippen LogP contribution in [0.5, 0.6) is 0 Å². The minimum atomic E-state index is -0.365. The molecule has 0 radical (unpaired) electrons. The molecule has 0 saturated heterocycles. The van der Waals surface area contributed by atoms with Crippen molar-refractivity contribution in [3.8, 4) is 11.3 Å². The van der Waals surface area contributed by atoms with E-state index in [0.717, 1.165) is 30.5 Å². The van der Waals surface area contributed by atoms with Gasteiger partial charge in [-0.25, -0.2) is 4.39 Å². The summed E-state index contributed by atoms with van der Waals surface area (Å²) in [5.41, 5.74) is 3.50. The fourth-order valence-corrected chi connectivity index (χ4v) is 2.87. The molecule has 2 aromatic rings. The molecule has 1 heterocycles. The zero-order valence-corrected chi connectivity index (χ0v) is 11.0. The van der Waals surface area contributed by atoms with Gasteiger partial charge in [0, 0.05) is 21.3 Å². The van der Waals surface area contributed by atoms with E-state index in [9.17, 15) is 4.39 Å². The molecule has 92 valence electrons. The van der Waals surface area contributed by atoms with Gasteiger partial charge in [-0.15, -0.1) is 0 Å². The van der Waals surface area contributed by atoms with Gasteiger partial charge in [0.05, 0.1) is 5.69 Å². The van der Waals surface area contributed by atoms with Crippen molar-refractivity contribution in [1.29, 1.82) is 0 Å². The number of fused-ring (bicyclic) bond motifs is 1. The molecule has 0 atom stereocenters. The van der Waals surface area contributed by atoms with Crippen LogP contribution < -0.4 is 0 Å². The molecule has 3 rings (SSSR count). The monoisotopic (exact) mass is 281 g/mol. The van der Waals surface area contributed by atoms with Gasteiger partial charge in [0.25, 0.3) is 0 Å². The van der Waals surface area contributed by atoms with Crippen LogP contribution in [0.25, 0.3) is 11.3 Å². The summed E-state index contributed by atoms with van der Waals surface area (Å²) in [6.45, 7) is 0. The summed E-state index contributed by atoms with van der Waals surface area (Å²) < 4.78 is 13.3. The van der Waals surface area contributed by atoms with E-state index >= 15 is 0 Å². The molecule has 0 spiro atoms. The Labute approximate surface area is 115 Å². The van der Waals surface area contributed by atoms with Crippen molar-refractivity contribution in [2.75, 3.05) is 0 Å². The molecule has 0 unspecified atom stereocenters. The van der Waals surface area contributed by atoms with E-state index in [-0.39, 0.29) is 5.82 Å². The smallest absolute Gasteiger partial charge is 0.125 e. The summed E-state index contributed by atoms with van der Waals surface area (Å²) in [5, 5.41) is 1.08. The molecule has 0 saturated carbocycles. The zero-order chi connectivity index (χ0) is 12.7. The molecule has 1 aliphatic carbocycles. The zero-order valence-electron chi connectivity index (χ0n) is 9.51. The summed E-state index contributed by atoms with van der Waals surface area (Å²) in [7, 11) is 0. The number of hydrogen-bond acceptors (Lipinski definition) is 1. The number of pyridine rings is 1. The van der Waals surface area contributed by atoms with Gasteiger partial charge in [0.1, 0.15) is 5.82 Å². The quantitative estimate of drug-likeness (QED) is 0.739. The van der Waals surface area contributed by atoms with E-state index in [1.807, 2.05) is 0 Å². The third-order valence-corrected chi connectivity index (χ3v) is 3.71. The standard InChI is InChI=1S/C14H10Cl2FN/c15-9-4-8(5-10(17)6-9)14-7-12(16)11-2-1-3-13(11)18-14/h4-7H,1-3H2. The minimum Gasteiger partial charge on any atom is -0.252 e. The molecule has 1 nitrogen and oxygen atoms in total. The third-order valence-electron chi connectivity index (χ3n) is 3.15. The SMILES string of the molecule is Fc1cc(Cl)cc(-c2cc(Cl)c3c(n2)CCC3)c1. The third kappa shape index (κ3) is 2.11. The molecule has 1 aliphatic rings. The topological polar surface area (TPSA) is 12.9 Å². The van der Waals surface area contributed by atoms with Gasteiger partial charge in [-0.1, -0.05) is 23.2 Å². The van der Waals surface area contributed by atoms with Crippen molar-refractivity contribution >= 4 is 23.2 Å². The van der Waals surface area contributed by atoms with E-state index in [1.165, 1.54) is 12.1 Å². The second-order valence-electron chi connectivity index (χ2n) is 4.43. The number of benzene rings is 1. The van der Waals surface area contributed by atoms with E-state index in [0.29, 0.717) is 21.3 Å². The Kier molecular flexibility index (Phi) is 3.00. The number of rotatable bonds is 1. The van der Waals surface area contributed by atoms with Crippen LogP contribution in [0.1, 0.15) is 17.7 Å². The molecule has 0 fully saturated rings. The first-order valence-corrected chi connectivity index (χ1v) is 6.54. The first-order chi connectivity index (χ1) is 8.63. The van der Waals surface area contributed by atoms with Crippen LogP contribution in [-0.2, 0) is 12.8 Å².